The molecule has 1 rings (SSSR count). The summed E-state index contributed by atoms with van der Waals surface area (Å²) in [5.74, 6) is -0.638. The smallest absolute Gasteiger partial charge is 0.357 e. The second kappa shape index (κ2) is 10.3. The Kier molecular flexibility index (Phi) is 8.32. The van der Waals surface area contributed by atoms with Gasteiger partial charge in [0.25, 0.3) is 0 Å². The van der Waals surface area contributed by atoms with Gasteiger partial charge in [0.05, 0.1) is 24.5 Å². The number of aliphatic hydroxyl groups excluding tert-OH is 1. The molecule has 2 amide bonds. The van der Waals surface area contributed by atoms with Crippen LogP contribution >= 0.6 is 0 Å². The summed E-state index contributed by atoms with van der Waals surface area (Å²) in [5, 5.41) is 23.0. The summed E-state index contributed by atoms with van der Waals surface area (Å²) in [7, 11) is 1.52. The first-order valence-corrected chi connectivity index (χ1v) is 7.54. The number of hydrogen-bond acceptors (Lipinski definition) is 6. The molecule has 132 valence electrons. The van der Waals surface area contributed by atoms with E-state index in [1.54, 1.807) is 6.92 Å². The molecule has 9 nitrogen and oxygen atoms in total. The Morgan fingerprint density at radius 2 is 2.21 bits per heavy atom. The molecular formula is C15H22N4O5. The number of nitrogens with one attached hydrogen (secondary N) is 2. The molecule has 0 saturated carbocycles. The molecule has 0 aromatic carbocycles. The molecule has 1 heterocycles. The number of aromatic nitrogens is 1. The predicted octanol–water partition coefficient (Wildman–Crippen LogP) is 0.687. The quantitative estimate of drug-likeness (QED) is 0.449. The van der Waals surface area contributed by atoms with E-state index in [-0.39, 0.29) is 36.7 Å². The van der Waals surface area contributed by atoms with Crippen molar-refractivity contribution in [3.8, 4) is 6.07 Å². The SMILES string of the molecule is CCOC(=O)c1c(NC(=O)NCCCO)c(C#N)cn1CCOC. The molecule has 0 aliphatic rings. The Morgan fingerprint density at radius 3 is 2.79 bits per heavy atom. The maximum atomic E-state index is 12.2. The average Bonchev–Trinajstić information content (AvgIpc) is 2.90. The van der Waals surface area contributed by atoms with Crippen molar-refractivity contribution in [1.29, 1.82) is 5.26 Å². The number of nitrogens with zero attached hydrogens (tertiary/aromatic N) is 2. The van der Waals surface area contributed by atoms with Crippen molar-refractivity contribution >= 4 is 17.7 Å². The molecule has 0 saturated heterocycles. The number of hydrogen-bond donors (Lipinski definition) is 3. The number of amides is 2. The molecular weight excluding hydrogens is 316 g/mol. The van der Waals surface area contributed by atoms with Gasteiger partial charge in [-0.05, 0) is 13.3 Å². The van der Waals surface area contributed by atoms with E-state index >= 15 is 0 Å². The number of carbonyl (C=O) groups is 2. The Morgan fingerprint density at radius 1 is 1.46 bits per heavy atom. The average molecular weight is 338 g/mol. The van der Waals surface area contributed by atoms with Crippen LogP contribution in [-0.2, 0) is 16.0 Å². The third kappa shape index (κ3) is 5.26. The molecule has 0 spiro atoms. The molecule has 0 radical (unpaired) electrons. The Hall–Kier alpha value is -2.57. The topological polar surface area (TPSA) is 126 Å². The van der Waals surface area contributed by atoms with Crippen molar-refractivity contribution < 1.29 is 24.2 Å². The van der Waals surface area contributed by atoms with Crippen LogP contribution in [0.15, 0.2) is 6.20 Å². The van der Waals surface area contributed by atoms with E-state index in [1.165, 1.54) is 17.9 Å². The Labute approximate surface area is 140 Å². The number of esters is 1. The standard InChI is InChI=1S/C15H22N4O5/c1-3-24-14(21)13-12(18-15(22)17-5-4-7-20)11(9-16)10-19(13)6-8-23-2/h10,20H,3-8H2,1-2H3,(H2,17,18,22). The highest BCUT2D eigenvalue weighted by Crippen LogP contribution is 2.24. The fraction of sp³-hybridized carbons (Fsp3) is 0.533. The minimum absolute atomic E-state index is 0.0504. The van der Waals surface area contributed by atoms with Crippen molar-refractivity contribution in [3.63, 3.8) is 0 Å². The lowest BCUT2D eigenvalue weighted by molar-refractivity contribution is 0.0513. The van der Waals surface area contributed by atoms with Crippen LogP contribution in [0.4, 0.5) is 10.5 Å². The highest BCUT2D eigenvalue weighted by molar-refractivity contribution is 6.01. The second-order valence-corrected chi connectivity index (χ2v) is 4.74. The van der Waals surface area contributed by atoms with Crippen LogP contribution in [0.25, 0.3) is 0 Å². The number of methoxy groups -OCH3 is 1. The molecule has 0 atom stereocenters. The third-order valence-corrected chi connectivity index (χ3v) is 3.06. The lowest BCUT2D eigenvalue weighted by atomic mass is 10.2. The number of anilines is 1. The monoisotopic (exact) mass is 338 g/mol. The predicted molar refractivity (Wildman–Crippen MR) is 85.7 cm³/mol. The first-order valence-electron chi connectivity index (χ1n) is 7.54. The van der Waals surface area contributed by atoms with Gasteiger partial charge in [0, 0.05) is 33.0 Å². The number of carbonyl (C=O) groups excluding carboxylic acids is 2. The van der Waals surface area contributed by atoms with Gasteiger partial charge in [0.15, 0.2) is 5.69 Å². The third-order valence-electron chi connectivity index (χ3n) is 3.06. The largest absolute Gasteiger partial charge is 0.461 e. The summed E-state index contributed by atoms with van der Waals surface area (Å²) < 4.78 is 11.5. The maximum absolute atomic E-state index is 12.2. The summed E-state index contributed by atoms with van der Waals surface area (Å²) in [4.78, 5) is 24.1. The van der Waals surface area contributed by atoms with E-state index in [4.69, 9.17) is 14.6 Å². The van der Waals surface area contributed by atoms with Crippen molar-refractivity contribution in [2.24, 2.45) is 0 Å². The minimum Gasteiger partial charge on any atom is -0.461 e. The Bertz CT molecular complexity index is 606. The van der Waals surface area contributed by atoms with Gasteiger partial charge in [0.1, 0.15) is 6.07 Å². The number of nitriles is 1. The highest BCUT2D eigenvalue weighted by Gasteiger charge is 2.24. The Balaban J connectivity index is 3.10. The number of rotatable bonds is 9. The van der Waals surface area contributed by atoms with E-state index < -0.39 is 12.0 Å². The van der Waals surface area contributed by atoms with Crippen LogP contribution in [0.2, 0.25) is 0 Å². The zero-order chi connectivity index (χ0) is 17.9. The second-order valence-electron chi connectivity index (χ2n) is 4.74. The summed E-state index contributed by atoms with van der Waals surface area (Å²) in [6, 6.07) is 1.38. The van der Waals surface area contributed by atoms with E-state index in [1.807, 2.05) is 6.07 Å². The van der Waals surface area contributed by atoms with Gasteiger partial charge in [-0.15, -0.1) is 0 Å². The first kappa shape index (κ1) is 19.5. The summed E-state index contributed by atoms with van der Waals surface area (Å²) in [5.41, 5.74) is 0.322. The molecule has 0 aliphatic carbocycles. The molecule has 0 unspecified atom stereocenters. The van der Waals surface area contributed by atoms with Gasteiger partial charge in [-0.3, -0.25) is 0 Å². The van der Waals surface area contributed by atoms with Gasteiger partial charge in [-0.1, -0.05) is 0 Å². The molecule has 0 bridgehead atoms. The zero-order valence-corrected chi connectivity index (χ0v) is 13.8. The molecule has 0 aliphatic heterocycles. The zero-order valence-electron chi connectivity index (χ0n) is 13.8. The van der Waals surface area contributed by atoms with Gasteiger partial charge in [-0.2, -0.15) is 5.26 Å². The summed E-state index contributed by atoms with van der Waals surface area (Å²) >= 11 is 0. The van der Waals surface area contributed by atoms with Crippen LogP contribution < -0.4 is 10.6 Å². The van der Waals surface area contributed by atoms with Crippen LogP contribution in [0.5, 0.6) is 0 Å². The molecule has 0 fully saturated rings. The van der Waals surface area contributed by atoms with Gasteiger partial charge in [0.2, 0.25) is 0 Å². The molecule has 1 aromatic heterocycles. The fourth-order valence-electron chi connectivity index (χ4n) is 1.99. The van der Waals surface area contributed by atoms with E-state index in [0.717, 1.165) is 0 Å². The van der Waals surface area contributed by atoms with Crippen molar-refractivity contribution in [1.82, 2.24) is 9.88 Å². The van der Waals surface area contributed by atoms with Gasteiger partial charge in [-0.25, -0.2) is 9.59 Å². The minimum atomic E-state index is -0.638. The van der Waals surface area contributed by atoms with E-state index in [9.17, 15) is 14.9 Å². The van der Waals surface area contributed by atoms with Crippen molar-refractivity contribution in [2.75, 3.05) is 38.8 Å². The molecule has 9 heteroatoms. The molecule has 3 N–H and O–H groups in total. The van der Waals surface area contributed by atoms with Crippen LogP contribution in [0.1, 0.15) is 29.4 Å². The number of aliphatic hydroxyl groups is 1. The lowest BCUT2D eigenvalue weighted by Gasteiger charge is -2.11. The van der Waals surface area contributed by atoms with Crippen LogP contribution in [0, 0.1) is 11.3 Å². The van der Waals surface area contributed by atoms with Crippen molar-refractivity contribution in [2.45, 2.75) is 19.9 Å². The summed E-state index contributed by atoms with van der Waals surface area (Å²) in [6.07, 6.45) is 1.87. The number of ether oxygens (including phenoxy) is 2. The fourth-order valence-corrected chi connectivity index (χ4v) is 1.99. The highest BCUT2D eigenvalue weighted by atomic mass is 16.5. The maximum Gasteiger partial charge on any atom is 0.357 e. The van der Waals surface area contributed by atoms with Gasteiger partial charge < -0.3 is 29.8 Å². The normalized spacial score (nSPS) is 10.1. The first-order chi connectivity index (χ1) is 11.6. The molecule has 1 aromatic rings. The van der Waals surface area contributed by atoms with Crippen molar-refractivity contribution in [3.05, 3.63) is 17.5 Å². The lowest BCUT2D eigenvalue weighted by Crippen LogP contribution is -2.31. The van der Waals surface area contributed by atoms with Gasteiger partial charge >= 0.3 is 12.0 Å². The van der Waals surface area contributed by atoms with E-state index in [2.05, 4.69) is 10.6 Å². The number of urea groups is 1. The molecule has 24 heavy (non-hydrogen) atoms. The summed E-state index contributed by atoms with van der Waals surface area (Å²) in [6.45, 7) is 2.70. The van der Waals surface area contributed by atoms with Crippen LogP contribution in [0.3, 0.4) is 0 Å². The van der Waals surface area contributed by atoms with Crippen LogP contribution in [-0.4, -0.2) is 55.1 Å². The van der Waals surface area contributed by atoms with E-state index in [0.29, 0.717) is 19.6 Å².